The molecule has 1 saturated heterocycles. The molecule has 1 aliphatic heterocycles. The lowest BCUT2D eigenvalue weighted by molar-refractivity contribution is 0.324. The maximum atomic E-state index is 5.84. The summed E-state index contributed by atoms with van der Waals surface area (Å²) in [6.45, 7) is 9.09. The lowest BCUT2D eigenvalue weighted by Gasteiger charge is -2.14. The maximum Gasteiger partial charge on any atom is 0.0233 e. The highest BCUT2D eigenvalue weighted by Crippen LogP contribution is 2.16. The van der Waals surface area contributed by atoms with Gasteiger partial charge in [0.1, 0.15) is 0 Å². The minimum atomic E-state index is 0.392. The molecule has 1 fully saturated rings. The van der Waals surface area contributed by atoms with Gasteiger partial charge in [0.25, 0.3) is 0 Å². The van der Waals surface area contributed by atoms with E-state index in [1.54, 1.807) is 0 Å². The number of likely N-dealkylation sites (tertiary alicyclic amines) is 1. The van der Waals surface area contributed by atoms with Crippen LogP contribution < -0.4 is 0 Å². The van der Waals surface area contributed by atoms with Crippen molar-refractivity contribution in [1.29, 1.82) is 0 Å². The molecule has 0 amide bonds. The van der Waals surface area contributed by atoms with Crippen molar-refractivity contribution in [2.24, 2.45) is 5.92 Å². The largest absolute Gasteiger partial charge is 0.299 e. The molecule has 0 bridgehead atoms. The predicted octanol–water partition coefficient (Wildman–Crippen LogP) is 2.22. The fourth-order valence-electron chi connectivity index (χ4n) is 1.85. The molecule has 1 heterocycles. The fourth-order valence-corrected chi connectivity index (χ4v) is 1.85. The Morgan fingerprint density at radius 1 is 1.31 bits per heavy atom. The number of nitrogens with zero attached hydrogens (tertiary/aromatic N) is 1. The van der Waals surface area contributed by atoms with Crippen molar-refractivity contribution < 1.29 is 0 Å². The van der Waals surface area contributed by atoms with E-state index in [1.165, 1.54) is 5.56 Å². The van der Waals surface area contributed by atoms with Crippen LogP contribution in [-0.2, 0) is 6.54 Å². The Morgan fingerprint density at radius 2 is 2.08 bits per heavy atom. The average Bonchev–Trinajstić information content (AvgIpc) is 2.53. The molecule has 2 rings (SSSR count). The van der Waals surface area contributed by atoms with Gasteiger partial charge in [-0.1, -0.05) is 30.3 Å². The molecule has 1 aliphatic rings. The van der Waals surface area contributed by atoms with Crippen molar-refractivity contribution in [3.63, 3.8) is 0 Å². The maximum absolute atomic E-state index is 5.84. The van der Waals surface area contributed by atoms with E-state index in [4.69, 9.17) is 6.92 Å². The topological polar surface area (TPSA) is 3.24 Å². The Morgan fingerprint density at radius 3 is 2.69 bits per heavy atom. The first-order chi connectivity index (χ1) is 6.34. The van der Waals surface area contributed by atoms with Gasteiger partial charge in [-0.05, 0) is 31.4 Å². The van der Waals surface area contributed by atoms with Gasteiger partial charge in [0.05, 0.1) is 0 Å². The third-order valence-corrected chi connectivity index (χ3v) is 2.56. The van der Waals surface area contributed by atoms with Gasteiger partial charge < -0.3 is 0 Å². The molecule has 0 saturated carbocycles. The molecule has 13 heavy (non-hydrogen) atoms. The van der Waals surface area contributed by atoms with Crippen LogP contribution in [0.1, 0.15) is 12.0 Å². The number of benzene rings is 1. The Balaban J connectivity index is 1.92. The first-order valence-corrected chi connectivity index (χ1v) is 4.86. The van der Waals surface area contributed by atoms with Crippen molar-refractivity contribution in [3.05, 3.63) is 42.8 Å². The normalized spacial score (nSPS) is 23.6. The summed E-state index contributed by atoms with van der Waals surface area (Å²) < 4.78 is 0. The molecule has 1 nitrogen and oxygen atoms in total. The summed E-state index contributed by atoms with van der Waals surface area (Å²) in [6, 6.07) is 10.6. The first-order valence-electron chi connectivity index (χ1n) is 4.86. The van der Waals surface area contributed by atoms with E-state index >= 15 is 0 Å². The van der Waals surface area contributed by atoms with Crippen LogP contribution >= 0.6 is 0 Å². The Kier molecular flexibility index (Phi) is 2.65. The van der Waals surface area contributed by atoms with Crippen LogP contribution in [0.25, 0.3) is 0 Å². The van der Waals surface area contributed by atoms with Crippen molar-refractivity contribution >= 4 is 0 Å². The number of hydrogen-bond donors (Lipinski definition) is 0. The quantitative estimate of drug-likeness (QED) is 0.663. The molecule has 0 aromatic heterocycles. The number of hydrogen-bond acceptors (Lipinski definition) is 1. The summed E-state index contributed by atoms with van der Waals surface area (Å²) >= 11 is 0. The minimum Gasteiger partial charge on any atom is -0.299 e. The van der Waals surface area contributed by atoms with Crippen LogP contribution in [0.5, 0.6) is 0 Å². The lowest BCUT2D eigenvalue weighted by atomic mass is 10.2. The monoisotopic (exact) mass is 173 g/mol. The second-order valence-electron chi connectivity index (χ2n) is 3.77. The summed E-state index contributed by atoms with van der Waals surface area (Å²) in [5.74, 6) is 0.392. The molecule has 1 atom stereocenters. The third-order valence-electron chi connectivity index (χ3n) is 2.56. The zero-order valence-electron chi connectivity index (χ0n) is 7.82. The highest BCUT2D eigenvalue weighted by Gasteiger charge is 2.18. The molecule has 0 N–H and O–H groups in total. The van der Waals surface area contributed by atoms with Crippen molar-refractivity contribution in [2.45, 2.75) is 13.0 Å². The molecule has 1 aromatic carbocycles. The smallest absolute Gasteiger partial charge is 0.0233 e. The van der Waals surface area contributed by atoms with Crippen LogP contribution in [0, 0.1) is 12.8 Å². The molecular formula is C12H15N. The highest BCUT2D eigenvalue weighted by molar-refractivity contribution is 5.14. The molecule has 1 aromatic rings. The summed E-state index contributed by atoms with van der Waals surface area (Å²) in [6.07, 6.45) is 1.15. The van der Waals surface area contributed by atoms with Crippen LogP contribution in [0.4, 0.5) is 0 Å². The van der Waals surface area contributed by atoms with Crippen LogP contribution in [0.15, 0.2) is 30.3 Å². The van der Waals surface area contributed by atoms with E-state index in [9.17, 15) is 0 Å². The van der Waals surface area contributed by atoms with Crippen molar-refractivity contribution in [3.8, 4) is 0 Å². The molecule has 1 heteroatoms. The third kappa shape index (κ3) is 2.31. The van der Waals surface area contributed by atoms with Crippen molar-refractivity contribution in [2.75, 3.05) is 13.1 Å². The van der Waals surface area contributed by atoms with Crippen LogP contribution in [0.2, 0.25) is 0 Å². The van der Waals surface area contributed by atoms with Gasteiger partial charge >= 0.3 is 0 Å². The van der Waals surface area contributed by atoms with E-state index in [2.05, 4.69) is 35.2 Å². The Bertz CT molecular complexity index is 255. The summed E-state index contributed by atoms with van der Waals surface area (Å²) in [7, 11) is 0. The lowest BCUT2D eigenvalue weighted by Crippen LogP contribution is -2.19. The van der Waals surface area contributed by atoms with Crippen LogP contribution in [0.3, 0.4) is 0 Å². The van der Waals surface area contributed by atoms with E-state index < -0.39 is 0 Å². The van der Waals surface area contributed by atoms with E-state index in [0.717, 1.165) is 26.1 Å². The average molecular weight is 173 g/mol. The molecule has 0 spiro atoms. The van der Waals surface area contributed by atoms with Gasteiger partial charge in [-0.2, -0.15) is 0 Å². The fraction of sp³-hybridized carbons (Fsp3) is 0.417. The van der Waals surface area contributed by atoms with Gasteiger partial charge in [0, 0.05) is 13.1 Å². The molecular weight excluding hydrogens is 158 g/mol. The standard InChI is InChI=1S/C12H15N/c1-11-7-8-13(9-11)10-12-5-3-2-4-6-12/h1-6,11H,7-10H2. The first kappa shape index (κ1) is 8.76. The van der Waals surface area contributed by atoms with Crippen LogP contribution in [-0.4, -0.2) is 18.0 Å². The zero-order valence-corrected chi connectivity index (χ0v) is 7.82. The Labute approximate surface area is 80.4 Å². The Hall–Kier alpha value is -0.820. The molecule has 0 aliphatic carbocycles. The second-order valence-corrected chi connectivity index (χ2v) is 3.77. The summed E-state index contributed by atoms with van der Waals surface area (Å²) in [4.78, 5) is 2.42. The molecule has 68 valence electrons. The van der Waals surface area contributed by atoms with E-state index in [0.29, 0.717) is 5.92 Å². The van der Waals surface area contributed by atoms with E-state index in [-0.39, 0.29) is 0 Å². The molecule has 1 unspecified atom stereocenters. The summed E-state index contributed by atoms with van der Waals surface area (Å²) in [5.41, 5.74) is 1.39. The highest BCUT2D eigenvalue weighted by atomic mass is 15.1. The zero-order chi connectivity index (χ0) is 9.10. The SMILES string of the molecule is [CH]C1CCN(Cc2ccccc2)C1. The van der Waals surface area contributed by atoms with Gasteiger partial charge in [0.2, 0.25) is 0 Å². The van der Waals surface area contributed by atoms with Gasteiger partial charge in [-0.15, -0.1) is 0 Å². The minimum absolute atomic E-state index is 0.392. The van der Waals surface area contributed by atoms with E-state index in [1.807, 2.05) is 0 Å². The molecule has 2 radical (unpaired) electrons. The number of rotatable bonds is 2. The van der Waals surface area contributed by atoms with Crippen molar-refractivity contribution in [1.82, 2.24) is 4.90 Å². The van der Waals surface area contributed by atoms with Gasteiger partial charge in [0.15, 0.2) is 0 Å². The summed E-state index contributed by atoms with van der Waals surface area (Å²) in [5, 5.41) is 0. The second kappa shape index (κ2) is 3.93. The predicted molar refractivity (Wildman–Crippen MR) is 54.1 cm³/mol. The van der Waals surface area contributed by atoms with Gasteiger partial charge in [-0.3, -0.25) is 4.90 Å². The van der Waals surface area contributed by atoms with Gasteiger partial charge in [-0.25, -0.2) is 0 Å².